The van der Waals surface area contributed by atoms with Crippen LogP contribution in [0.1, 0.15) is 33.2 Å². The van der Waals surface area contributed by atoms with E-state index < -0.39 is 21.9 Å². The normalized spacial score (nSPS) is 14.2. The summed E-state index contributed by atoms with van der Waals surface area (Å²) in [6.45, 7) is 4.04. The summed E-state index contributed by atoms with van der Waals surface area (Å²) in [5.74, 6) is -0.251. The Kier molecular flexibility index (Phi) is 6.73. The Morgan fingerprint density at radius 3 is 2.35 bits per heavy atom. The number of alkyl halides is 1. The number of H-pyrrole nitrogens is 2. The second-order valence-electron chi connectivity index (χ2n) is 10.1. The van der Waals surface area contributed by atoms with E-state index in [4.69, 9.17) is 21.1 Å². The standard InChI is InChI=1S/C29H22ClN5O8/c1-14-15(2)31-27-24(43-29(37)42-20-6-3-18(4-7-20)34(38)39)11-23-26(25(14)27)17(12-30)13-33(23)28(36)22-10-16-9-19(35(40)41)5-8-21(16)32-22/h3-11,17,31-32H,12-13H2,1-2H3/t17-/m1/s1. The van der Waals surface area contributed by atoms with Crippen LogP contribution in [0.15, 0.2) is 54.6 Å². The van der Waals surface area contributed by atoms with Crippen LogP contribution in [0, 0.1) is 34.1 Å². The summed E-state index contributed by atoms with van der Waals surface area (Å²) in [6, 6.07) is 12.4. The molecule has 0 unspecified atom stereocenters. The van der Waals surface area contributed by atoms with Crippen LogP contribution in [-0.2, 0) is 0 Å². The Morgan fingerprint density at radius 1 is 0.977 bits per heavy atom. The Morgan fingerprint density at radius 2 is 1.67 bits per heavy atom. The zero-order valence-electron chi connectivity index (χ0n) is 22.7. The minimum atomic E-state index is -1.08. The number of fused-ring (bicyclic) bond motifs is 4. The minimum Gasteiger partial charge on any atom is -0.395 e. The number of ether oxygens (including phenoxy) is 2. The summed E-state index contributed by atoms with van der Waals surface area (Å²) in [5.41, 5.74) is 4.09. The number of rotatable bonds is 6. The number of nitro groups is 2. The van der Waals surface area contributed by atoms with Gasteiger partial charge in [-0.2, -0.15) is 0 Å². The first-order valence-electron chi connectivity index (χ1n) is 13.0. The van der Waals surface area contributed by atoms with Crippen LogP contribution in [-0.4, -0.2) is 44.3 Å². The molecule has 3 aromatic carbocycles. The van der Waals surface area contributed by atoms with Crippen molar-refractivity contribution in [1.82, 2.24) is 9.97 Å². The molecule has 218 valence electrons. The molecule has 2 N–H and O–H groups in total. The highest BCUT2D eigenvalue weighted by Crippen LogP contribution is 2.47. The van der Waals surface area contributed by atoms with E-state index in [0.29, 0.717) is 22.1 Å². The number of aromatic nitrogens is 2. The second-order valence-corrected chi connectivity index (χ2v) is 10.4. The van der Waals surface area contributed by atoms with E-state index in [-0.39, 0.29) is 46.9 Å². The number of benzene rings is 3. The van der Waals surface area contributed by atoms with Crippen molar-refractivity contribution in [3.8, 4) is 11.5 Å². The summed E-state index contributed by atoms with van der Waals surface area (Å²) in [4.78, 5) is 55.6. The fourth-order valence-corrected chi connectivity index (χ4v) is 5.68. The maximum atomic E-state index is 13.9. The van der Waals surface area contributed by atoms with E-state index in [1.807, 2.05) is 13.8 Å². The van der Waals surface area contributed by atoms with Crippen LogP contribution in [0.25, 0.3) is 21.8 Å². The molecule has 0 aliphatic carbocycles. The van der Waals surface area contributed by atoms with E-state index in [9.17, 15) is 29.8 Å². The predicted molar refractivity (Wildman–Crippen MR) is 158 cm³/mol. The molecule has 0 saturated heterocycles. The summed E-state index contributed by atoms with van der Waals surface area (Å²) < 4.78 is 10.9. The van der Waals surface area contributed by atoms with Crippen molar-refractivity contribution in [3.63, 3.8) is 0 Å². The molecule has 0 fully saturated rings. The Labute approximate surface area is 247 Å². The van der Waals surface area contributed by atoms with Gasteiger partial charge in [0.25, 0.3) is 17.3 Å². The Bertz CT molecular complexity index is 1980. The van der Waals surface area contributed by atoms with Crippen LogP contribution in [0.4, 0.5) is 21.9 Å². The highest BCUT2D eigenvalue weighted by molar-refractivity contribution is 6.19. The van der Waals surface area contributed by atoms with Gasteiger partial charge in [-0.25, -0.2) is 4.79 Å². The molecule has 1 atom stereocenters. The quantitative estimate of drug-likeness (QED) is 0.0713. The van der Waals surface area contributed by atoms with Crippen molar-refractivity contribution in [2.75, 3.05) is 17.3 Å². The van der Waals surface area contributed by atoms with Crippen LogP contribution in [0.5, 0.6) is 11.5 Å². The molecule has 0 saturated carbocycles. The number of anilines is 1. The van der Waals surface area contributed by atoms with E-state index in [1.54, 1.807) is 18.2 Å². The van der Waals surface area contributed by atoms with E-state index in [0.717, 1.165) is 22.2 Å². The summed E-state index contributed by atoms with van der Waals surface area (Å²) >= 11 is 6.40. The molecule has 0 spiro atoms. The van der Waals surface area contributed by atoms with E-state index in [2.05, 4.69) is 9.97 Å². The van der Waals surface area contributed by atoms with Crippen LogP contribution < -0.4 is 14.4 Å². The number of aromatic amines is 2. The fourth-order valence-electron chi connectivity index (χ4n) is 5.42. The largest absolute Gasteiger partial charge is 0.519 e. The highest BCUT2D eigenvalue weighted by atomic mass is 35.5. The van der Waals surface area contributed by atoms with Gasteiger partial charge in [0, 0.05) is 70.7 Å². The van der Waals surface area contributed by atoms with Gasteiger partial charge in [0.05, 0.1) is 21.1 Å². The number of hydrogen-bond donors (Lipinski definition) is 2. The van der Waals surface area contributed by atoms with Crippen molar-refractivity contribution < 1.29 is 28.9 Å². The molecule has 0 bridgehead atoms. The minimum absolute atomic E-state index is 0.0462. The van der Waals surface area contributed by atoms with Gasteiger partial charge in [0.15, 0.2) is 5.75 Å². The van der Waals surface area contributed by atoms with Crippen LogP contribution in [0.2, 0.25) is 0 Å². The van der Waals surface area contributed by atoms with E-state index in [1.165, 1.54) is 41.3 Å². The molecule has 0 radical (unpaired) electrons. The number of aryl methyl sites for hydroxylation is 2. The van der Waals surface area contributed by atoms with Gasteiger partial charge in [0.1, 0.15) is 11.4 Å². The smallest absolute Gasteiger partial charge is 0.395 e. The molecule has 2 aromatic heterocycles. The molecular formula is C29H22ClN5O8. The van der Waals surface area contributed by atoms with Crippen molar-refractivity contribution >= 4 is 62.5 Å². The fraction of sp³-hybridized carbons (Fsp3) is 0.172. The first-order chi connectivity index (χ1) is 20.5. The number of non-ortho nitro benzene ring substituents is 2. The van der Waals surface area contributed by atoms with Crippen molar-refractivity contribution in [3.05, 3.63) is 97.3 Å². The number of carbonyl (C=O) groups excluding carboxylic acids is 2. The van der Waals surface area contributed by atoms with Crippen LogP contribution >= 0.6 is 11.6 Å². The Balaban J connectivity index is 1.39. The average molecular weight is 604 g/mol. The van der Waals surface area contributed by atoms with Gasteiger partial charge in [0.2, 0.25) is 0 Å². The summed E-state index contributed by atoms with van der Waals surface area (Å²) in [7, 11) is 0. The molecule has 43 heavy (non-hydrogen) atoms. The van der Waals surface area contributed by atoms with Gasteiger partial charge in [-0.05, 0) is 49.2 Å². The monoisotopic (exact) mass is 603 g/mol. The molecule has 1 aliphatic rings. The molecule has 6 rings (SSSR count). The second kappa shape index (κ2) is 10.4. The number of nitrogens with one attached hydrogen (secondary N) is 2. The van der Waals surface area contributed by atoms with Gasteiger partial charge in [-0.3, -0.25) is 25.0 Å². The number of nitrogens with zero attached hydrogens (tertiary/aromatic N) is 3. The molecule has 1 aliphatic heterocycles. The number of amides is 1. The number of hydrogen-bond acceptors (Lipinski definition) is 8. The predicted octanol–water partition coefficient (Wildman–Crippen LogP) is 6.64. The lowest BCUT2D eigenvalue weighted by molar-refractivity contribution is -0.385. The van der Waals surface area contributed by atoms with Crippen molar-refractivity contribution in [2.24, 2.45) is 0 Å². The molecule has 5 aromatic rings. The number of carbonyl (C=O) groups is 2. The zero-order valence-corrected chi connectivity index (χ0v) is 23.4. The maximum Gasteiger partial charge on any atom is 0.519 e. The first-order valence-corrected chi connectivity index (χ1v) is 13.5. The SMILES string of the molecule is Cc1[nH]c2c(OC(=O)Oc3ccc([N+](=O)[O-])cc3)cc3c(c2c1C)[C@H](CCl)CN3C(=O)c1cc2cc([N+](=O)[O-])ccc2[nH]1. The molecule has 14 heteroatoms. The third-order valence-electron chi connectivity index (χ3n) is 7.58. The third-order valence-corrected chi connectivity index (χ3v) is 7.95. The summed E-state index contributed by atoms with van der Waals surface area (Å²) in [5, 5.41) is 23.4. The molecular weight excluding hydrogens is 582 g/mol. The van der Waals surface area contributed by atoms with E-state index >= 15 is 0 Å². The summed E-state index contributed by atoms with van der Waals surface area (Å²) in [6.07, 6.45) is -1.08. The third kappa shape index (κ3) is 4.78. The van der Waals surface area contributed by atoms with Gasteiger partial charge in [-0.15, -0.1) is 11.6 Å². The lowest BCUT2D eigenvalue weighted by Crippen LogP contribution is -2.30. The molecule has 13 nitrogen and oxygen atoms in total. The average Bonchev–Trinajstić information content (AvgIpc) is 3.66. The topological polar surface area (TPSA) is 174 Å². The lowest BCUT2D eigenvalue weighted by Gasteiger charge is -2.18. The Hall–Kier alpha value is -5.43. The molecule has 1 amide bonds. The molecule has 3 heterocycles. The maximum absolute atomic E-state index is 13.9. The lowest BCUT2D eigenvalue weighted by atomic mass is 9.96. The first kappa shape index (κ1) is 27.7. The number of nitro benzene ring substituents is 2. The van der Waals surface area contributed by atoms with Gasteiger partial charge < -0.3 is 24.3 Å². The highest BCUT2D eigenvalue weighted by Gasteiger charge is 2.37. The van der Waals surface area contributed by atoms with Crippen molar-refractivity contribution in [2.45, 2.75) is 19.8 Å². The van der Waals surface area contributed by atoms with Crippen molar-refractivity contribution in [1.29, 1.82) is 0 Å². The number of halogens is 1. The zero-order chi connectivity index (χ0) is 30.6. The van der Waals surface area contributed by atoms with Gasteiger partial charge in [-0.1, -0.05) is 0 Å². The van der Waals surface area contributed by atoms with Crippen LogP contribution in [0.3, 0.4) is 0 Å². The van der Waals surface area contributed by atoms with Gasteiger partial charge >= 0.3 is 6.16 Å².